The topological polar surface area (TPSA) is 65.6 Å². The predicted octanol–water partition coefficient (Wildman–Crippen LogP) is 3.63. The van der Waals surface area contributed by atoms with Crippen LogP contribution in [0.1, 0.15) is 67.1 Å². The van der Waals surface area contributed by atoms with Crippen LogP contribution in [0.2, 0.25) is 0 Å². The van der Waals surface area contributed by atoms with Gasteiger partial charge in [-0.25, -0.2) is 4.39 Å². The number of carbonyl (C=O) groups excluding carboxylic acids is 2. The van der Waals surface area contributed by atoms with E-state index in [4.69, 9.17) is 4.74 Å². The molecule has 4 rings (SSSR count). The Morgan fingerprint density at radius 3 is 2.57 bits per heavy atom. The first-order valence-corrected chi connectivity index (χ1v) is 10.8. The maximum Gasteiger partial charge on any atom is 0.270 e. The number of nitrogens with zero attached hydrogens (tertiary/aromatic N) is 2. The zero-order chi connectivity index (χ0) is 21.4. The number of hydrogen-bond donors (Lipinski definition) is 1. The zero-order valence-corrected chi connectivity index (χ0v) is 18.0. The molecule has 0 unspecified atom stereocenters. The Kier molecular flexibility index (Phi) is 5.82. The molecule has 2 aromatic rings. The van der Waals surface area contributed by atoms with Crippen LogP contribution in [0, 0.1) is 5.82 Å². The lowest BCUT2D eigenvalue weighted by atomic mass is 9.86. The van der Waals surface area contributed by atoms with Gasteiger partial charge >= 0.3 is 0 Å². The fraction of sp³-hybridized carbons (Fsp3) is 0.565. The number of hydrogen-bond acceptors (Lipinski definition) is 3. The molecule has 30 heavy (non-hydrogen) atoms. The van der Waals surface area contributed by atoms with Crippen molar-refractivity contribution in [1.29, 1.82) is 0 Å². The first-order chi connectivity index (χ1) is 14.4. The van der Waals surface area contributed by atoms with Gasteiger partial charge in [-0.3, -0.25) is 9.59 Å². The van der Waals surface area contributed by atoms with Gasteiger partial charge in [-0.15, -0.1) is 0 Å². The molecule has 1 N–H and O–H groups in total. The van der Waals surface area contributed by atoms with E-state index < -0.39 is 0 Å². The number of aromatic amines is 1. The number of amides is 2. The van der Waals surface area contributed by atoms with Gasteiger partial charge < -0.3 is 19.5 Å². The van der Waals surface area contributed by atoms with Crippen LogP contribution in [0.25, 0.3) is 10.9 Å². The molecule has 0 radical (unpaired) electrons. The number of halogens is 1. The van der Waals surface area contributed by atoms with Gasteiger partial charge in [0.1, 0.15) is 5.69 Å². The lowest BCUT2D eigenvalue weighted by Crippen LogP contribution is -2.40. The van der Waals surface area contributed by atoms with Gasteiger partial charge in [-0.2, -0.15) is 0 Å². The molecule has 2 saturated heterocycles. The van der Waals surface area contributed by atoms with Crippen molar-refractivity contribution in [3.05, 3.63) is 34.8 Å². The van der Waals surface area contributed by atoms with Crippen LogP contribution in [0.15, 0.2) is 12.1 Å². The molecular formula is C23H30FN3O3. The summed E-state index contributed by atoms with van der Waals surface area (Å²) in [6.07, 6.45) is 1.72. The van der Waals surface area contributed by atoms with E-state index in [1.807, 2.05) is 6.07 Å². The lowest BCUT2D eigenvalue weighted by molar-refractivity contribution is -0.130. The smallest absolute Gasteiger partial charge is 0.270 e. The van der Waals surface area contributed by atoms with Crippen molar-refractivity contribution in [2.24, 2.45) is 0 Å². The number of fused-ring (bicyclic) bond motifs is 1. The molecule has 7 heteroatoms. The van der Waals surface area contributed by atoms with E-state index in [1.54, 1.807) is 22.8 Å². The SMILES string of the molecule is CC(=O)N1CCC[C@H](c2cc(C(C)C)c3cc(C(=O)N4CCOCC4)[nH]c3c2F)C1. The first-order valence-electron chi connectivity index (χ1n) is 10.8. The summed E-state index contributed by atoms with van der Waals surface area (Å²) in [5, 5.41) is 0.766. The van der Waals surface area contributed by atoms with Crippen molar-refractivity contribution in [2.45, 2.75) is 45.4 Å². The fourth-order valence-electron chi connectivity index (χ4n) is 4.65. The Morgan fingerprint density at radius 1 is 1.17 bits per heavy atom. The van der Waals surface area contributed by atoms with Crippen molar-refractivity contribution in [3.8, 4) is 0 Å². The molecule has 1 aromatic carbocycles. The summed E-state index contributed by atoms with van der Waals surface area (Å²) >= 11 is 0. The third kappa shape index (κ3) is 3.83. The van der Waals surface area contributed by atoms with Crippen molar-refractivity contribution < 1.29 is 18.7 Å². The highest BCUT2D eigenvalue weighted by Gasteiger charge is 2.29. The summed E-state index contributed by atoms with van der Waals surface area (Å²) in [7, 11) is 0. The molecule has 2 amide bonds. The average Bonchev–Trinajstić information content (AvgIpc) is 3.20. The van der Waals surface area contributed by atoms with E-state index in [-0.39, 0.29) is 29.5 Å². The summed E-state index contributed by atoms with van der Waals surface area (Å²) in [5.74, 6) is -0.243. The Balaban J connectivity index is 1.75. The van der Waals surface area contributed by atoms with E-state index in [0.717, 1.165) is 30.3 Å². The molecular weight excluding hydrogens is 385 g/mol. The molecule has 2 aliphatic rings. The van der Waals surface area contributed by atoms with Gasteiger partial charge in [0, 0.05) is 44.4 Å². The molecule has 1 atom stereocenters. The maximum absolute atomic E-state index is 15.7. The minimum atomic E-state index is -0.300. The second-order valence-corrected chi connectivity index (χ2v) is 8.70. The van der Waals surface area contributed by atoms with Crippen molar-refractivity contribution in [1.82, 2.24) is 14.8 Å². The molecule has 1 aromatic heterocycles. The second kappa shape index (κ2) is 8.38. The van der Waals surface area contributed by atoms with E-state index >= 15 is 4.39 Å². The third-order valence-electron chi connectivity index (χ3n) is 6.37. The zero-order valence-electron chi connectivity index (χ0n) is 18.0. The summed E-state index contributed by atoms with van der Waals surface area (Å²) in [6.45, 7) is 9.13. The number of aromatic nitrogens is 1. The highest BCUT2D eigenvalue weighted by Crippen LogP contribution is 2.37. The van der Waals surface area contributed by atoms with Gasteiger partial charge in [0.2, 0.25) is 5.91 Å². The standard InChI is InChI=1S/C23H30FN3O3/c1-14(2)17-11-18(16-5-4-6-27(13-16)15(3)28)21(24)22-19(17)12-20(25-22)23(29)26-7-9-30-10-8-26/h11-12,14,16,25H,4-10,13H2,1-3H3/t16-/m0/s1. The number of rotatable bonds is 3. The minimum Gasteiger partial charge on any atom is -0.378 e. The van der Waals surface area contributed by atoms with Crippen LogP contribution in [-0.4, -0.2) is 66.0 Å². The number of H-pyrrole nitrogens is 1. The molecule has 2 aliphatic heterocycles. The number of benzene rings is 1. The van der Waals surface area contributed by atoms with Gasteiger partial charge in [-0.05, 0) is 36.0 Å². The van der Waals surface area contributed by atoms with Gasteiger partial charge in [0.25, 0.3) is 5.91 Å². The molecule has 0 saturated carbocycles. The van der Waals surface area contributed by atoms with Crippen LogP contribution >= 0.6 is 0 Å². The molecule has 162 valence electrons. The van der Waals surface area contributed by atoms with Crippen LogP contribution in [-0.2, 0) is 9.53 Å². The summed E-state index contributed by atoms with van der Waals surface area (Å²) in [5.41, 5.74) is 2.48. The van der Waals surface area contributed by atoms with Crippen LogP contribution in [0.3, 0.4) is 0 Å². The highest BCUT2D eigenvalue weighted by atomic mass is 19.1. The monoisotopic (exact) mass is 415 g/mol. The summed E-state index contributed by atoms with van der Waals surface area (Å²) in [6, 6.07) is 3.74. The molecule has 0 bridgehead atoms. The van der Waals surface area contributed by atoms with Crippen LogP contribution in [0.4, 0.5) is 4.39 Å². The number of carbonyl (C=O) groups is 2. The normalized spacial score (nSPS) is 20.2. The number of morpholine rings is 1. The molecule has 2 fully saturated rings. The van der Waals surface area contributed by atoms with Gasteiger partial charge in [0.15, 0.2) is 5.82 Å². The van der Waals surface area contributed by atoms with E-state index in [1.165, 1.54) is 0 Å². The number of likely N-dealkylation sites (tertiary alicyclic amines) is 1. The van der Waals surface area contributed by atoms with Crippen LogP contribution in [0.5, 0.6) is 0 Å². The van der Waals surface area contributed by atoms with Crippen molar-refractivity contribution in [2.75, 3.05) is 39.4 Å². The number of piperidine rings is 1. The third-order valence-corrected chi connectivity index (χ3v) is 6.37. The second-order valence-electron chi connectivity index (χ2n) is 8.70. The first kappa shape index (κ1) is 20.8. The number of nitrogens with one attached hydrogen (secondary N) is 1. The average molecular weight is 416 g/mol. The minimum absolute atomic E-state index is 0.0311. The maximum atomic E-state index is 15.7. The van der Waals surface area contributed by atoms with Crippen molar-refractivity contribution >= 4 is 22.7 Å². The molecule has 3 heterocycles. The summed E-state index contributed by atoms with van der Waals surface area (Å²) < 4.78 is 21.0. The molecule has 0 aliphatic carbocycles. The molecule has 6 nitrogen and oxygen atoms in total. The Bertz CT molecular complexity index is 962. The van der Waals surface area contributed by atoms with Crippen molar-refractivity contribution in [3.63, 3.8) is 0 Å². The van der Waals surface area contributed by atoms with E-state index in [2.05, 4.69) is 18.8 Å². The van der Waals surface area contributed by atoms with E-state index in [9.17, 15) is 9.59 Å². The van der Waals surface area contributed by atoms with Gasteiger partial charge in [-0.1, -0.05) is 19.9 Å². The lowest BCUT2D eigenvalue weighted by Gasteiger charge is -2.33. The molecule has 0 spiro atoms. The Hall–Kier alpha value is -2.41. The highest BCUT2D eigenvalue weighted by molar-refractivity contribution is 5.99. The largest absolute Gasteiger partial charge is 0.378 e. The Morgan fingerprint density at radius 2 is 1.90 bits per heavy atom. The Labute approximate surface area is 176 Å². The predicted molar refractivity (Wildman–Crippen MR) is 113 cm³/mol. The summed E-state index contributed by atoms with van der Waals surface area (Å²) in [4.78, 5) is 31.4. The van der Waals surface area contributed by atoms with E-state index in [0.29, 0.717) is 49.6 Å². The van der Waals surface area contributed by atoms with Gasteiger partial charge in [0.05, 0.1) is 18.7 Å². The fourth-order valence-corrected chi connectivity index (χ4v) is 4.65. The number of ether oxygens (including phenoxy) is 1. The van der Waals surface area contributed by atoms with Crippen LogP contribution < -0.4 is 0 Å². The quantitative estimate of drug-likeness (QED) is 0.833.